The van der Waals surface area contributed by atoms with Gasteiger partial charge in [-0.05, 0) is 6.42 Å². The van der Waals surface area contributed by atoms with E-state index in [-0.39, 0.29) is 12.1 Å². The summed E-state index contributed by atoms with van der Waals surface area (Å²) in [4.78, 5) is 10.5. The van der Waals surface area contributed by atoms with Gasteiger partial charge in [0.25, 0.3) is 0 Å². The smallest absolute Gasteiger partial charge is 0.306 e. The molecule has 1 atom stereocenters. The van der Waals surface area contributed by atoms with Crippen LogP contribution in [-0.4, -0.2) is 25.8 Å². The SMILES string of the molecule is COC[C@H]1CCC(=O)O1. The quantitative estimate of drug-likeness (QED) is 0.505. The number of rotatable bonds is 2. The molecule has 3 nitrogen and oxygen atoms in total. The lowest BCUT2D eigenvalue weighted by atomic mass is 10.2. The Morgan fingerprint density at radius 3 is 3.11 bits per heavy atom. The minimum absolute atomic E-state index is 0.0162. The van der Waals surface area contributed by atoms with E-state index in [1.807, 2.05) is 0 Å². The van der Waals surface area contributed by atoms with Crippen molar-refractivity contribution in [2.24, 2.45) is 0 Å². The van der Waals surface area contributed by atoms with Crippen molar-refractivity contribution in [2.45, 2.75) is 18.9 Å². The van der Waals surface area contributed by atoms with Crippen LogP contribution in [0.1, 0.15) is 12.8 Å². The average Bonchev–Trinajstić information content (AvgIpc) is 2.17. The molecule has 0 bridgehead atoms. The Kier molecular flexibility index (Phi) is 2.05. The van der Waals surface area contributed by atoms with Crippen LogP contribution >= 0.6 is 0 Å². The number of esters is 1. The summed E-state index contributed by atoms with van der Waals surface area (Å²) in [5.74, 6) is -0.1000. The first-order chi connectivity index (χ1) is 4.33. The molecule has 0 amide bonds. The van der Waals surface area contributed by atoms with Crippen LogP contribution in [0.2, 0.25) is 0 Å². The Labute approximate surface area is 53.9 Å². The lowest BCUT2D eigenvalue weighted by Gasteiger charge is -2.05. The molecule has 9 heavy (non-hydrogen) atoms. The van der Waals surface area contributed by atoms with E-state index in [1.54, 1.807) is 7.11 Å². The zero-order valence-corrected chi connectivity index (χ0v) is 5.42. The molecule has 0 spiro atoms. The zero-order valence-electron chi connectivity index (χ0n) is 5.42. The molecule has 0 unspecified atom stereocenters. The standard InChI is InChI=1S/C6H10O3/c1-8-4-5-2-3-6(7)9-5/h5H,2-4H2,1H3/t5-/m1/s1. The van der Waals surface area contributed by atoms with Gasteiger partial charge < -0.3 is 9.47 Å². The maximum absolute atomic E-state index is 10.5. The summed E-state index contributed by atoms with van der Waals surface area (Å²) in [5.41, 5.74) is 0. The van der Waals surface area contributed by atoms with Gasteiger partial charge in [0.05, 0.1) is 6.61 Å². The third-order valence-corrected chi connectivity index (χ3v) is 1.32. The highest BCUT2D eigenvalue weighted by molar-refractivity contribution is 5.71. The molecule has 1 rings (SSSR count). The van der Waals surface area contributed by atoms with Gasteiger partial charge in [-0.3, -0.25) is 4.79 Å². The molecule has 1 saturated heterocycles. The molecule has 1 fully saturated rings. The molecule has 0 radical (unpaired) electrons. The number of ether oxygens (including phenoxy) is 2. The van der Waals surface area contributed by atoms with E-state index in [1.165, 1.54) is 0 Å². The van der Waals surface area contributed by atoms with Crippen molar-refractivity contribution in [1.82, 2.24) is 0 Å². The molecule has 0 aliphatic carbocycles. The van der Waals surface area contributed by atoms with Gasteiger partial charge in [0.2, 0.25) is 0 Å². The van der Waals surface area contributed by atoms with Gasteiger partial charge in [0.15, 0.2) is 0 Å². The fourth-order valence-corrected chi connectivity index (χ4v) is 0.886. The molecule has 0 saturated carbocycles. The van der Waals surface area contributed by atoms with Gasteiger partial charge in [-0.2, -0.15) is 0 Å². The number of carbonyl (C=O) groups excluding carboxylic acids is 1. The summed E-state index contributed by atoms with van der Waals surface area (Å²) in [7, 11) is 1.60. The van der Waals surface area contributed by atoms with E-state index >= 15 is 0 Å². The molecule has 52 valence electrons. The molecule has 0 N–H and O–H groups in total. The largest absolute Gasteiger partial charge is 0.460 e. The Bertz CT molecular complexity index is 111. The average molecular weight is 130 g/mol. The van der Waals surface area contributed by atoms with Crippen LogP contribution in [0.4, 0.5) is 0 Å². The third kappa shape index (κ3) is 1.68. The minimum Gasteiger partial charge on any atom is -0.460 e. The molecule has 0 aromatic heterocycles. The van der Waals surface area contributed by atoms with Crippen LogP contribution in [0, 0.1) is 0 Å². The van der Waals surface area contributed by atoms with Crippen LogP contribution in [0.25, 0.3) is 0 Å². The fraction of sp³-hybridized carbons (Fsp3) is 0.833. The number of hydrogen-bond acceptors (Lipinski definition) is 3. The number of cyclic esters (lactones) is 1. The fourth-order valence-electron chi connectivity index (χ4n) is 0.886. The molecular weight excluding hydrogens is 120 g/mol. The third-order valence-electron chi connectivity index (χ3n) is 1.32. The summed E-state index contributed by atoms with van der Waals surface area (Å²) in [5, 5.41) is 0. The molecule has 1 heterocycles. The van der Waals surface area contributed by atoms with Crippen molar-refractivity contribution < 1.29 is 14.3 Å². The van der Waals surface area contributed by atoms with Gasteiger partial charge in [0.1, 0.15) is 6.10 Å². The second-order valence-electron chi connectivity index (χ2n) is 2.11. The molecule has 3 heteroatoms. The highest BCUT2D eigenvalue weighted by atomic mass is 16.6. The van der Waals surface area contributed by atoms with Gasteiger partial charge in [-0.25, -0.2) is 0 Å². The first-order valence-corrected chi connectivity index (χ1v) is 3.01. The lowest BCUT2D eigenvalue weighted by Crippen LogP contribution is -2.13. The molecular formula is C6H10O3. The van der Waals surface area contributed by atoms with Crippen LogP contribution in [0.5, 0.6) is 0 Å². The minimum atomic E-state index is -0.1000. The Morgan fingerprint density at radius 1 is 1.89 bits per heavy atom. The number of carbonyl (C=O) groups is 1. The van der Waals surface area contributed by atoms with Crippen LogP contribution in [0.15, 0.2) is 0 Å². The predicted octanol–water partition coefficient (Wildman–Crippen LogP) is 0.338. The van der Waals surface area contributed by atoms with Gasteiger partial charge in [-0.15, -0.1) is 0 Å². The molecule has 1 aliphatic rings. The first kappa shape index (κ1) is 6.55. The highest BCUT2D eigenvalue weighted by Crippen LogP contribution is 2.12. The molecule has 1 aliphatic heterocycles. The Balaban J connectivity index is 2.22. The summed E-state index contributed by atoms with van der Waals surface area (Å²) in [6, 6.07) is 0. The summed E-state index contributed by atoms with van der Waals surface area (Å²) in [6.07, 6.45) is 1.38. The van der Waals surface area contributed by atoms with E-state index in [0.717, 1.165) is 6.42 Å². The maximum atomic E-state index is 10.5. The van der Waals surface area contributed by atoms with Gasteiger partial charge in [-0.1, -0.05) is 0 Å². The van der Waals surface area contributed by atoms with Crippen molar-refractivity contribution in [3.05, 3.63) is 0 Å². The normalized spacial score (nSPS) is 26.3. The summed E-state index contributed by atoms with van der Waals surface area (Å²) >= 11 is 0. The van der Waals surface area contributed by atoms with Crippen molar-refractivity contribution in [1.29, 1.82) is 0 Å². The Hall–Kier alpha value is -0.570. The van der Waals surface area contributed by atoms with Gasteiger partial charge >= 0.3 is 5.97 Å². The maximum Gasteiger partial charge on any atom is 0.306 e. The van der Waals surface area contributed by atoms with Crippen molar-refractivity contribution in [3.63, 3.8) is 0 Å². The second kappa shape index (κ2) is 2.82. The Morgan fingerprint density at radius 2 is 2.67 bits per heavy atom. The van der Waals surface area contributed by atoms with Gasteiger partial charge in [0, 0.05) is 13.5 Å². The second-order valence-corrected chi connectivity index (χ2v) is 2.11. The summed E-state index contributed by atoms with van der Waals surface area (Å²) < 4.78 is 9.63. The lowest BCUT2D eigenvalue weighted by molar-refractivity contribution is -0.143. The molecule has 0 aromatic carbocycles. The highest BCUT2D eigenvalue weighted by Gasteiger charge is 2.22. The van der Waals surface area contributed by atoms with Crippen molar-refractivity contribution >= 4 is 5.97 Å². The summed E-state index contributed by atoms with van der Waals surface area (Å²) in [6.45, 7) is 0.533. The first-order valence-electron chi connectivity index (χ1n) is 3.01. The van der Waals surface area contributed by atoms with E-state index in [2.05, 4.69) is 0 Å². The van der Waals surface area contributed by atoms with Crippen LogP contribution < -0.4 is 0 Å². The van der Waals surface area contributed by atoms with Crippen molar-refractivity contribution in [3.8, 4) is 0 Å². The van der Waals surface area contributed by atoms with E-state index in [4.69, 9.17) is 9.47 Å². The monoisotopic (exact) mass is 130 g/mol. The van der Waals surface area contributed by atoms with Crippen LogP contribution in [-0.2, 0) is 14.3 Å². The zero-order chi connectivity index (χ0) is 6.69. The number of hydrogen-bond donors (Lipinski definition) is 0. The van der Waals surface area contributed by atoms with E-state index in [9.17, 15) is 4.79 Å². The van der Waals surface area contributed by atoms with Crippen LogP contribution in [0.3, 0.4) is 0 Å². The van der Waals surface area contributed by atoms with Crippen molar-refractivity contribution in [2.75, 3.05) is 13.7 Å². The number of methoxy groups -OCH3 is 1. The predicted molar refractivity (Wildman–Crippen MR) is 31.0 cm³/mol. The van der Waals surface area contributed by atoms with E-state index in [0.29, 0.717) is 13.0 Å². The van der Waals surface area contributed by atoms with E-state index < -0.39 is 0 Å². The molecule has 0 aromatic rings. The topological polar surface area (TPSA) is 35.5 Å².